The number of furan rings is 1. The molecule has 5 aromatic rings. The van der Waals surface area contributed by atoms with E-state index in [0.29, 0.717) is 27.0 Å². The van der Waals surface area contributed by atoms with Crippen LogP contribution >= 0.6 is 34.4 Å². The summed E-state index contributed by atoms with van der Waals surface area (Å²) in [5.41, 5.74) is 1.74. The first-order valence-electron chi connectivity index (χ1n) is 10.2. The highest BCUT2D eigenvalue weighted by Crippen LogP contribution is 2.38. The van der Waals surface area contributed by atoms with E-state index in [-0.39, 0.29) is 16.4 Å². The highest BCUT2D eigenvalue weighted by molar-refractivity contribution is 7.99. The summed E-state index contributed by atoms with van der Waals surface area (Å²) >= 11 is 4.48. The molecule has 0 saturated heterocycles. The predicted molar refractivity (Wildman–Crippen MR) is 129 cm³/mol. The van der Waals surface area contributed by atoms with Gasteiger partial charge in [0.2, 0.25) is 0 Å². The first-order valence-corrected chi connectivity index (χ1v) is 12.8. The molecular formula is C22H18N4O3S3. The molecule has 7 nitrogen and oxygen atoms in total. The van der Waals surface area contributed by atoms with Crippen molar-refractivity contribution in [3.05, 3.63) is 60.7 Å². The number of thioether (sulfide) groups is 1. The van der Waals surface area contributed by atoms with Crippen LogP contribution in [-0.2, 0) is 19.9 Å². The molecule has 0 aliphatic heterocycles. The van der Waals surface area contributed by atoms with Gasteiger partial charge in [-0.1, -0.05) is 11.8 Å². The van der Waals surface area contributed by atoms with Crippen LogP contribution in [-0.4, -0.2) is 19.5 Å². The van der Waals surface area contributed by atoms with E-state index in [9.17, 15) is 9.59 Å². The smallest absolute Gasteiger partial charge is 0.262 e. The van der Waals surface area contributed by atoms with Gasteiger partial charge in [0.1, 0.15) is 21.2 Å². The zero-order valence-corrected chi connectivity index (χ0v) is 19.7. The number of hydrogen-bond donors (Lipinski definition) is 1. The average molecular weight is 483 g/mol. The summed E-state index contributed by atoms with van der Waals surface area (Å²) in [6, 6.07) is 3.62. The second kappa shape index (κ2) is 7.43. The maximum Gasteiger partial charge on any atom is 0.262 e. The molecule has 5 aromatic heterocycles. The van der Waals surface area contributed by atoms with Crippen molar-refractivity contribution in [2.24, 2.45) is 7.05 Å². The van der Waals surface area contributed by atoms with Crippen molar-refractivity contribution in [1.82, 2.24) is 19.5 Å². The molecule has 0 spiro atoms. The number of nitrogens with one attached hydrogen (secondary N) is 1. The zero-order valence-electron chi connectivity index (χ0n) is 17.3. The molecule has 0 fully saturated rings. The highest BCUT2D eigenvalue weighted by atomic mass is 32.2. The molecule has 0 bridgehead atoms. The Balaban J connectivity index is 1.38. The standard InChI is InChI=1S/C22H18N4O3S3/c1-10(17-23-18(27)15-12(9-30-19(15)24-17)13-6-4-8-29-13)31-22-25-20-16(21(28)26(22)2)11-5-3-7-14(11)32-20/h4,6,8-10H,3,5,7H2,1-2H3,(H,23,24,27). The summed E-state index contributed by atoms with van der Waals surface area (Å²) in [6.45, 7) is 1.96. The minimum Gasteiger partial charge on any atom is -0.464 e. The Labute approximate surface area is 194 Å². The molecule has 0 radical (unpaired) electrons. The third-order valence-corrected chi connectivity index (χ3v) is 9.03. The molecule has 10 heteroatoms. The Bertz CT molecular complexity index is 1610. The SMILES string of the molecule is CC(Sc1nc2sc3c(c2c(=O)n1C)CCC3)c1nc2scc(-c3ccco3)c2c(=O)[nH]1. The Kier molecular flexibility index (Phi) is 4.63. The van der Waals surface area contributed by atoms with Crippen molar-refractivity contribution in [2.45, 2.75) is 36.6 Å². The van der Waals surface area contributed by atoms with E-state index in [1.807, 2.05) is 18.4 Å². The molecule has 1 aliphatic rings. The van der Waals surface area contributed by atoms with Crippen LogP contribution in [0.25, 0.3) is 31.8 Å². The number of fused-ring (bicyclic) bond motifs is 4. The number of hydrogen-bond acceptors (Lipinski definition) is 8. The van der Waals surface area contributed by atoms with E-state index < -0.39 is 0 Å². The first kappa shape index (κ1) is 20.0. The fourth-order valence-electron chi connectivity index (χ4n) is 4.20. The summed E-state index contributed by atoms with van der Waals surface area (Å²) in [5, 5.41) is 3.64. The normalized spacial score (nSPS) is 14.4. The van der Waals surface area contributed by atoms with E-state index in [1.54, 1.807) is 35.3 Å². The highest BCUT2D eigenvalue weighted by Gasteiger charge is 2.24. The number of H-pyrrole nitrogens is 1. The largest absolute Gasteiger partial charge is 0.464 e. The van der Waals surface area contributed by atoms with E-state index in [0.717, 1.165) is 35.0 Å². The Morgan fingerprint density at radius 3 is 2.91 bits per heavy atom. The van der Waals surface area contributed by atoms with Crippen LogP contribution in [0.5, 0.6) is 0 Å². The maximum absolute atomic E-state index is 13.1. The second-order valence-electron chi connectivity index (χ2n) is 7.81. The molecule has 1 unspecified atom stereocenters. The van der Waals surface area contributed by atoms with Gasteiger partial charge in [-0.2, -0.15) is 0 Å². The van der Waals surface area contributed by atoms with Gasteiger partial charge in [0.25, 0.3) is 11.1 Å². The van der Waals surface area contributed by atoms with Gasteiger partial charge in [-0.3, -0.25) is 14.2 Å². The summed E-state index contributed by atoms with van der Waals surface area (Å²) in [4.78, 5) is 41.2. The van der Waals surface area contributed by atoms with Crippen LogP contribution in [0.4, 0.5) is 0 Å². The van der Waals surface area contributed by atoms with Gasteiger partial charge in [0.05, 0.1) is 22.3 Å². The lowest BCUT2D eigenvalue weighted by molar-refractivity contribution is 0.583. The van der Waals surface area contributed by atoms with E-state index in [2.05, 4.69) is 4.98 Å². The van der Waals surface area contributed by atoms with Crippen LogP contribution in [0.1, 0.15) is 34.9 Å². The molecule has 32 heavy (non-hydrogen) atoms. The monoisotopic (exact) mass is 482 g/mol. The molecular weight excluding hydrogens is 464 g/mol. The Morgan fingerprint density at radius 2 is 2.09 bits per heavy atom. The molecule has 5 heterocycles. The number of rotatable bonds is 4. The maximum atomic E-state index is 13.1. The summed E-state index contributed by atoms with van der Waals surface area (Å²) in [5.74, 6) is 1.21. The number of aryl methyl sites for hydroxylation is 2. The molecule has 0 aromatic carbocycles. The van der Waals surface area contributed by atoms with Crippen LogP contribution in [0, 0.1) is 0 Å². The predicted octanol–water partition coefficient (Wildman–Crippen LogP) is 4.90. The van der Waals surface area contributed by atoms with Crippen LogP contribution in [0.15, 0.2) is 42.9 Å². The summed E-state index contributed by atoms with van der Waals surface area (Å²) < 4.78 is 7.08. The summed E-state index contributed by atoms with van der Waals surface area (Å²) in [7, 11) is 1.76. The van der Waals surface area contributed by atoms with Gasteiger partial charge < -0.3 is 9.40 Å². The lowest BCUT2D eigenvalue weighted by Crippen LogP contribution is -2.20. The van der Waals surface area contributed by atoms with E-state index in [1.165, 1.54) is 33.5 Å². The van der Waals surface area contributed by atoms with Crippen LogP contribution < -0.4 is 11.1 Å². The Hall–Kier alpha value is -2.69. The van der Waals surface area contributed by atoms with Gasteiger partial charge in [0.15, 0.2) is 5.16 Å². The summed E-state index contributed by atoms with van der Waals surface area (Å²) in [6.07, 6.45) is 4.69. The average Bonchev–Trinajstić information content (AvgIpc) is 3.54. The van der Waals surface area contributed by atoms with Gasteiger partial charge in [-0.05, 0) is 43.9 Å². The number of nitrogens with zero attached hydrogens (tertiary/aromatic N) is 3. The minimum absolute atomic E-state index is 0.00218. The Morgan fingerprint density at radius 1 is 1.22 bits per heavy atom. The molecule has 1 atom stereocenters. The molecule has 0 saturated carbocycles. The number of aromatic amines is 1. The first-order chi connectivity index (χ1) is 15.5. The molecule has 1 aliphatic carbocycles. The third-order valence-electron chi connectivity index (χ3n) is 5.82. The van der Waals surface area contributed by atoms with Gasteiger partial charge in [-0.25, -0.2) is 9.97 Å². The van der Waals surface area contributed by atoms with Crippen molar-refractivity contribution in [3.63, 3.8) is 0 Å². The second-order valence-corrected chi connectivity index (χ2v) is 11.1. The van der Waals surface area contributed by atoms with Crippen LogP contribution in [0.2, 0.25) is 0 Å². The lowest BCUT2D eigenvalue weighted by Gasteiger charge is -2.13. The molecule has 6 rings (SSSR count). The fraction of sp³-hybridized carbons (Fsp3) is 0.273. The van der Waals surface area contributed by atoms with Crippen molar-refractivity contribution in [1.29, 1.82) is 0 Å². The van der Waals surface area contributed by atoms with Crippen molar-refractivity contribution >= 4 is 54.9 Å². The minimum atomic E-state index is -0.197. The number of thiophene rings is 2. The van der Waals surface area contributed by atoms with Crippen molar-refractivity contribution in [3.8, 4) is 11.3 Å². The third kappa shape index (κ3) is 3.01. The van der Waals surface area contributed by atoms with E-state index in [4.69, 9.17) is 14.4 Å². The van der Waals surface area contributed by atoms with Gasteiger partial charge in [-0.15, -0.1) is 22.7 Å². The fourth-order valence-corrected chi connectivity index (χ4v) is 7.37. The van der Waals surface area contributed by atoms with Crippen molar-refractivity contribution < 1.29 is 4.42 Å². The topological polar surface area (TPSA) is 93.8 Å². The zero-order chi connectivity index (χ0) is 22.0. The lowest BCUT2D eigenvalue weighted by atomic mass is 10.2. The number of aromatic nitrogens is 4. The van der Waals surface area contributed by atoms with Crippen molar-refractivity contribution in [2.75, 3.05) is 0 Å². The molecule has 1 N–H and O–H groups in total. The molecule has 0 amide bonds. The molecule has 162 valence electrons. The van der Waals surface area contributed by atoms with E-state index >= 15 is 0 Å². The van der Waals surface area contributed by atoms with Crippen LogP contribution in [0.3, 0.4) is 0 Å². The van der Waals surface area contributed by atoms with Gasteiger partial charge >= 0.3 is 0 Å². The van der Waals surface area contributed by atoms with Gasteiger partial charge in [0, 0.05) is 22.9 Å². The quantitative estimate of drug-likeness (QED) is 0.289.